The van der Waals surface area contributed by atoms with Gasteiger partial charge in [0.25, 0.3) is 0 Å². The van der Waals surface area contributed by atoms with Crippen molar-refractivity contribution in [1.29, 1.82) is 0 Å². The van der Waals surface area contributed by atoms with Gasteiger partial charge in [-0.2, -0.15) is 13.2 Å². The quantitative estimate of drug-likeness (QED) is 0.676. The number of hydrogen-bond acceptors (Lipinski definition) is 3. The van der Waals surface area contributed by atoms with Gasteiger partial charge in [-0.1, -0.05) is 24.3 Å². The lowest BCUT2D eigenvalue weighted by Crippen LogP contribution is -2.43. The number of carbonyl (C=O) groups excluding carboxylic acids is 2. The fraction of sp³-hybridized carbons (Fsp3) is 0.364. The summed E-state index contributed by atoms with van der Waals surface area (Å²) in [7, 11) is 0. The van der Waals surface area contributed by atoms with Crippen LogP contribution < -0.4 is 10.6 Å². The number of amides is 2. The van der Waals surface area contributed by atoms with Gasteiger partial charge in [-0.25, -0.2) is 4.39 Å². The van der Waals surface area contributed by atoms with Gasteiger partial charge in [-0.3, -0.25) is 14.5 Å². The van der Waals surface area contributed by atoms with E-state index in [9.17, 15) is 27.2 Å². The molecule has 2 aromatic rings. The van der Waals surface area contributed by atoms with Crippen molar-refractivity contribution < 1.29 is 27.2 Å². The second kappa shape index (κ2) is 9.91. The number of halogens is 4. The Morgan fingerprint density at radius 1 is 1.00 bits per heavy atom. The zero-order chi connectivity index (χ0) is 22.4. The molecule has 0 atom stereocenters. The minimum atomic E-state index is -4.55. The molecule has 0 aromatic heterocycles. The van der Waals surface area contributed by atoms with Crippen LogP contribution in [0.1, 0.15) is 24.0 Å². The van der Waals surface area contributed by atoms with Crippen LogP contribution in [0, 0.1) is 11.7 Å². The summed E-state index contributed by atoms with van der Waals surface area (Å²) in [6, 6.07) is 10.7. The van der Waals surface area contributed by atoms with Gasteiger partial charge in [0.05, 0.1) is 17.8 Å². The molecule has 1 fully saturated rings. The molecule has 3 rings (SSSR count). The van der Waals surface area contributed by atoms with Gasteiger partial charge < -0.3 is 10.6 Å². The first-order valence-corrected chi connectivity index (χ1v) is 9.93. The van der Waals surface area contributed by atoms with E-state index < -0.39 is 17.6 Å². The highest BCUT2D eigenvalue weighted by molar-refractivity contribution is 5.93. The average Bonchev–Trinajstić information content (AvgIpc) is 2.73. The number of nitrogens with zero attached hydrogens (tertiary/aromatic N) is 1. The second-order valence-electron chi connectivity index (χ2n) is 7.49. The summed E-state index contributed by atoms with van der Waals surface area (Å²) in [5, 5.41) is 5.17. The summed E-state index contributed by atoms with van der Waals surface area (Å²) in [6.45, 7) is 1.24. The summed E-state index contributed by atoms with van der Waals surface area (Å²) in [4.78, 5) is 26.4. The normalized spacial score (nSPS) is 15.5. The molecule has 0 saturated carbocycles. The van der Waals surface area contributed by atoms with Crippen LogP contribution in [0.4, 0.5) is 23.2 Å². The largest absolute Gasteiger partial charge is 0.418 e. The van der Waals surface area contributed by atoms with E-state index in [1.165, 1.54) is 30.3 Å². The number of para-hydroxylation sites is 1. The molecule has 1 aliphatic heterocycles. The predicted molar refractivity (Wildman–Crippen MR) is 107 cm³/mol. The van der Waals surface area contributed by atoms with Crippen molar-refractivity contribution in [3.63, 3.8) is 0 Å². The molecule has 31 heavy (non-hydrogen) atoms. The summed E-state index contributed by atoms with van der Waals surface area (Å²) in [5.41, 5.74) is -0.363. The van der Waals surface area contributed by atoms with E-state index in [1.807, 2.05) is 4.90 Å². The van der Waals surface area contributed by atoms with Gasteiger partial charge in [0.15, 0.2) is 0 Å². The van der Waals surface area contributed by atoms with E-state index in [1.54, 1.807) is 12.1 Å². The molecule has 0 unspecified atom stereocenters. The number of nitrogens with one attached hydrogen (secondary N) is 2. The minimum absolute atomic E-state index is 0.0455. The van der Waals surface area contributed by atoms with Gasteiger partial charge in [0.2, 0.25) is 11.8 Å². The molecular weight excluding hydrogens is 414 g/mol. The summed E-state index contributed by atoms with van der Waals surface area (Å²) >= 11 is 0. The number of piperidine rings is 1. The number of anilines is 1. The van der Waals surface area contributed by atoms with Gasteiger partial charge in [0, 0.05) is 12.5 Å². The SMILES string of the molecule is O=C(CN1CCC(C(=O)NCc2ccc(F)cc2)CC1)Nc1ccccc1C(F)(F)F. The second-order valence-corrected chi connectivity index (χ2v) is 7.49. The first-order valence-electron chi connectivity index (χ1n) is 9.93. The predicted octanol–water partition coefficient (Wildman–Crippen LogP) is 3.81. The van der Waals surface area contributed by atoms with Gasteiger partial charge >= 0.3 is 6.18 Å². The molecule has 0 radical (unpaired) electrons. The highest BCUT2D eigenvalue weighted by atomic mass is 19.4. The topological polar surface area (TPSA) is 61.4 Å². The van der Waals surface area contributed by atoms with Crippen LogP contribution in [0.2, 0.25) is 0 Å². The van der Waals surface area contributed by atoms with E-state index in [4.69, 9.17) is 0 Å². The van der Waals surface area contributed by atoms with Crippen LogP contribution in [0.5, 0.6) is 0 Å². The van der Waals surface area contributed by atoms with Crippen LogP contribution in [-0.2, 0) is 22.3 Å². The first-order chi connectivity index (χ1) is 14.7. The smallest absolute Gasteiger partial charge is 0.352 e. The highest BCUT2D eigenvalue weighted by Crippen LogP contribution is 2.34. The Kier molecular flexibility index (Phi) is 7.27. The maximum absolute atomic E-state index is 13.0. The van der Waals surface area contributed by atoms with E-state index >= 15 is 0 Å². The van der Waals surface area contributed by atoms with Crippen LogP contribution in [0.3, 0.4) is 0 Å². The molecule has 9 heteroatoms. The zero-order valence-electron chi connectivity index (χ0n) is 16.7. The number of likely N-dealkylation sites (tertiary alicyclic amines) is 1. The van der Waals surface area contributed by atoms with Crippen molar-refractivity contribution in [1.82, 2.24) is 10.2 Å². The zero-order valence-corrected chi connectivity index (χ0v) is 16.7. The van der Waals surface area contributed by atoms with E-state index in [-0.39, 0.29) is 29.9 Å². The van der Waals surface area contributed by atoms with E-state index in [0.717, 1.165) is 11.6 Å². The number of alkyl halides is 3. The van der Waals surface area contributed by atoms with Crippen LogP contribution in [-0.4, -0.2) is 36.3 Å². The van der Waals surface area contributed by atoms with Crippen molar-refractivity contribution in [2.75, 3.05) is 25.0 Å². The van der Waals surface area contributed by atoms with Crippen LogP contribution in [0.25, 0.3) is 0 Å². The maximum atomic E-state index is 13.0. The van der Waals surface area contributed by atoms with Gasteiger partial charge in [-0.15, -0.1) is 0 Å². The molecule has 1 saturated heterocycles. The fourth-order valence-corrected chi connectivity index (χ4v) is 3.52. The molecule has 2 N–H and O–H groups in total. The lowest BCUT2D eigenvalue weighted by molar-refractivity contribution is -0.137. The standard InChI is InChI=1S/C22H23F4N3O2/c23-17-7-5-15(6-8-17)13-27-21(31)16-9-11-29(12-10-16)14-20(30)28-19-4-2-1-3-18(19)22(24,25)26/h1-8,16H,9-14H2,(H,27,31)(H,28,30). The summed E-state index contributed by atoms with van der Waals surface area (Å²) < 4.78 is 52.1. The summed E-state index contributed by atoms with van der Waals surface area (Å²) in [5.74, 6) is -1.18. The summed E-state index contributed by atoms with van der Waals surface area (Å²) in [6.07, 6.45) is -3.47. The van der Waals surface area contributed by atoms with Crippen LogP contribution in [0.15, 0.2) is 48.5 Å². The molecule has 0 spiro atoms. The Labute approximate surface area is 177 Å². The van der Waals surface area contributed by atoms with Crippen molar-refractivity contribution >= 4 is 17.5 Å². The Bertz CT molecular complexity index is 908. The number of benzene rings is 2. The third kappa shape index (κ3) is 6.52. The van der Waals surface area contributed by atoms with Gasteiger partial charge in [0.1, 0.15) is 5.82 Å². The number of hydrogen-bond donors (Lipinski definition) is 2. The Hall–Kier alpha value is -2.94. The molecule has 2 aromatic carbocycles. The molecule has 0 bridgehead atoms. The third-order valence-electron chi connectivity index (χ3n) is 5.21. The lowest BCUT2D eigenvalue weighted by atomic mass is 9.96. The molecule has 2 amide bonds. The van der Waals surface area contributed by atoms with Crippen molar-refractivity contribution in [3.05, 3.63) is 65.5 Å². The van der Waals surface area contributed by atoms with Crippen molar-refractivity contribution in [2.45, 2.75) is 25.6 Å². The Morgan fingerprint density at radius 3 is 2.29 bits per heavy atom. The monoisotopic (exact) mass is 437 g/mol. The molecule has 1 aliphatic rings. The third-order valence-corrected chi connectivity index (χ3v) is 5.21. The molecular formula is C22H23F4N3O2. The average molecular weight is 437 g/mol. The Balaban J connectivity index is 1.44. The number of carbonyl (C=O) groups is 2. The van der Waals surface area contributed by atoms with E-state index in [0.29, 0.717) is 32.5 Å². The first kappa shape index (κ1) is 22.7. The Morgan fingerprint density at radius 2 is 1.65 bits per heavy atom. The molecule has 5 nitrogen and oxygen atoms in total. The minimum Gasteiger partial charge on any atom is -0.352 e. The van der Waals surface area contributed by atoms with Crippen molar-refractivity contribution in [2.24, 2.45) is 5.92 Å². The van der Waals surface area contributed by atoms with Crippen molar-refractivity contribution in [3.8, 4) is 0 Å². The highest BCUT2D eigenvalue weighted by Gasteiger charge is 2.33. The fourth-order valence-electron chi connectivity index (χ4n) is 3.52. The van der Waals surface area contributed by atoms with Gasteiger partial charge in [-0.05, 0) is 55.8 Å². The number of rotatable bonds is 6. The molecule has 0 aliphatic carbocycles. The maximum Gasteiger partial charge on any atom is 0.418 e. The lowest BCUT2D eigenvalue weighted by Gasteiger charge is -2.30. The molecule has 1 heterocycles. The molecule has 166 valence electrons. The van der Waals surface area contributed by atoms with E-state index in [2.05, 4.69) is 10.6 Å². The van der Waals surface area contributed by atoms with Crippen LogP contribution >= 0.6 is 0 Å².